The zero-order chi connectivity index (χ0) is 13.0. The SMILES string of the molecule is CN(Cc1cc(F)ccc1CN)CC1CCCO1. The Morgan fingerprint density at radius 2 is 2.28 bits per heavy atom. The summed E-state index contributed by atoms with van der Waals surface area (Å²) in [4.78, 5) is 2.17. The molecule has 2 rings (SSSR count). The third-order valence-electron chi connectivity index (χ3n) is 3.37. The maximum Gasteiger partial charge on any atom is 0.123 e. The summed E-state index contributed by atoms with van der Waals surface area (Å²) in [7, 11) is 2.03. The van der Waals surface area contributed by atoms with Crippen LogP contribution in [0.4, 0.5) is 4.39 Å². The van der Waals surface area contributed by atoms with Gasteiger partial charge in [0.05, 0.1) is 6.10 Å². The molecule has 4 heteroatoms. The van der Waals surface area contributed by atoms with Crippen LogP contribution in [0.25, 0.3) is 0 Å². The van der Waals surface area contributed by atoms with Crippen LogP contribution in [0.5, 0.6) is 0 Å². The second-order valence-electron chi connectivity index (χ2n) is 4.95. The van der Waals surface area contributed by atoms with Crippen LogP contribution in [0.15, 0.2) is 18.2 Å². The number of hydrogen-bond acceptors (Lipinski definition) is 3. The van der Waals surface area contributed by atoms with Gasteiger partial charge in [-0.25, -0.2) is 4.39 Å². The molecule has 1 aromatic carbocycles. The van der Waals surface area contributed by atoms with Gasteiger partial charge in [-0.05, 0) is 43.1 Å². The second kappa shape index (κ2) is 6.27. The van der Waals surface area contributed by atoms with Crippen molar-refractivity contribution in [3.63, 3.8) is 0 Å². The molecule has 0 radical (unpaired) electrons. The normalized spacial score (nSPS) is 19.7. The number of hydrogen-bond donors (Lipinski definition) is 1. The van der Waals surface area contributed by atoms with E-state index in [4.69, 9.17) is 10.5 Å². The van der Waals surface area contributed by atoms with Gasteiger partial charge in [0.15, 0.2) is 0 Å². The smallest absolute Gasteiger partial charge is 0.123 e. The minimum absolute atomic E-state index is 0.201. The zero-order valence-corrected chi connectivity index (χ0v) is 10.9. The number of ether oxygens (including phenoxy) is 1. The number of halogens is 1. The highest BCUT2D eigenvalue weighted by Crippen LogP contribution is 2.16. The lowest BCUT2D eigenvalue weighted by Crippen LogP contribution is -2.28. The van der Waals surface area contributed by atoms with E-state index in [2.05, 4.69) is 4.90 Å². The predicted octanol–water partition coefficient (Wildman–Crippen LogP) is 1.90. The van der Waals surface area contributed by atoms with Crippen LogP contribution in [-0.2, 0) is 17.8 Å². The van der Waals surface area contributed by atoms with Crippen molar-refractivity contribution < 1.29 is 9.13 Å². The first kappa shape index (κ1) is 13.5. The van der Waals surface area contributed by atoms with Gasteiger partial charge in [-0.1, -0.05) is 6.07 Å². The molecule has 0 aromatic heterocycles. The summed E-state index contributed by atoms with van der Waals surface area (Å²) in [6, 6.07) is 4.81. The average molecular weight is 252 g/mol. The predicted molar refractivity (Wildman–Crippen MR) is 69.6 cm³/mol. The molecule has 0 aliphatic carbocycles. The minimum atomic E-state index is -0.201. The lowest BCUT2D eigenvalue weighted by Gasteiger charge is -2.21. The molecular formula is C14H21FN2O. The molecule has 2 N–H and O–H groups in total. The summed E-state index contributed by atoms with van der Waals surface area (Å²) in [5.41, 5.74) is 7.65. The van der Waals surface area contributed by atoms with Crippen LogP contribution >= 0.6 is 0 Å². The molecule has 1 fully saturated rings. The van der Waals surface area contributed by atoms with Gasteiger partial charge in [0, 0.05) is 26.2 Å². The fraction of sp³-hybridized carbons (Fsp3) is 0.571. The molecule has 0 bridgehead atoms. The van der Waals surface area contributed by atoms with Crippen molar-refractivity contribution in [3.8, 4) is 0 Å². The molecule has 1 saturated heterocycles. The van der Waals surface area contributed by atoms with Crippen LogP contribution < -0.4 is 5.73 Å². The molecule has 1 aliphatic heterocycles. The van der Waals surface area contributed by atoms with Gasteiger partial charge in [-0.2, -0.15) is 0 Å². The van der Waals surface area contributed by atoms with Crippen molar-refractivity contribution in [3.05, 3.63) is 35.1 Å². The van der Waals surface area contributed by atoms with Crippen molar-refractivity contribution in [2.24, 2.45) is 5.73 Å². The van der Waals surface area contributed by atoms with E-state index in [-0.39, 0.29) is 5.82 Å². The van der Waals surface area contributed by atoms with Gasteiger partial charge in [0.2, 0.25) is 0 Å². The molecule has 0 spiro atoms. The summed E-state index contributed by atoms with van der Waals surface area (Å²) in [6.45, 7) is 2.92. The standard InChI is InChI=1S/C14H21FN2O/c1-17(10-14-3-2-6-18-14)9-12-7-13(15)5-4-11(12)8-16/h4-5,7,14H,2-3,6,8-10,16H2,1H3. The van der Waals surface area contributed by atoms with Gasteiger partial charge < -0.3 is 10.5 Å². The van der Waals surface area contributed by atoms with E-state index in [1.54, 1.807) is 12.1 Å². The van der Waals surface area contributed by atoms with E-state index in [9.17, 15) is 4.39 Å². The van der Waals surface area contributed by atoms with E-state index in [0.717, 1.165) is 37.1 Å². The summed E-state index contributed by atoms with van der Waals surface area (Å²) in [5, 5.41) is 0. The van der Waals surface area contributed by atoms with Gasteiger partial charge in [0.1, 0.15) is 5.82 Å². The quantitative estimate of drug-likeness (QED) is 0.869. The molecule has 0 saturated carbocycles. The highest BCUT2D eigenvalue weighted by atomic mass is 19.1. The zero-order valence-electron chi connectivity index (χ0n) is 10.9. The summed E-state index contributed by atoms with van der Waals surface area (Å²) >= 11 is 0. The lowest BCUT2D eigenvalue weighted by atomic mass is 10.1. The summed E-state index contributed by atoms with van der Waals surface area (Å²) in [6.07, 6.45) is 2.59. The van der Waals surface area contributed by atoms with Crippen molar-refractivity contribution in [1.29, 1.82) is 0 Å². The number of benzene rings is 1. The van der Waals surface area contributed by atoms with Crippen LogP contribution in [0.1, 0.15) is 24.0 Å². The van der Waals surface area contributed by atoms with E-state index >= 15 is 0 Å². The summed E-state index contributed by atoms with van der Waals surface area (Å²) < 4.78 is 18.9. The maximum absolute atomic E-state index is 13.3. The van der Waals surface area contributed by atoms with Gasteiger partial charge in [0.25, 0.3) is 0 Å². The minimum Gasteiger partial charge on any atom is -0.377 e. The third kappa shape index (κ3) is 3.51. The van der Waals surface area contributed by atoms with Crippen LogP contribution in [0, 0.1) is 5.82 Å². The largest absolute Gasteiger partial charge is 0.377 e. The summed E-state index contributed by atoms with van der Waals surface area (Å²) in [5.74, 6) is -0.201. The second-order valence-corrected chi connectivity index (χ2v) is 4.95. The Morgan fingerprint density at radius 1 is 1.44 bits per heavy atom. The maximum atomic E-state index is 13.3. The molecule has 1 heterocycles. The molecule has 1 aromatic rings. The van der Waals surface area contributed by atoms with E-state index in [1.165, 1.54) is 6.07 Å². The van der Waals surface area contributed by atoms with Crippen LogP contribution in [0.3, 0.4) is 0 Å². The Balaban J connectivity index is 1.96. The number of nitrogens with two attached hydrogens (primary N) is 1. The van der Waals surface area contributed by atoms with Gasteiger partial charge >= 0.3 is 0 Å². The molecule has 1 atom stereocenters. The number of nitrogens with zero attached hydrogens (tertiary/aromatic N) is 1. The van der Waals surface area contributed by atoms with E-state index in [0.29, 0.717) is 19.2 Å². The average Bonchev–Trinajstić information content (AvgIpc) is 2.82. The molecule has 100 valence electrons. The molecule has 18 heavy (non-hydrogen) atoms. The Hall–Kier alpha value is -0.970. The van der Waals surface area contributed by atoms with Crippen molar-refractivity contribution in [2.75, 3.05) is 20.2 Å². The van der Waals surface area contributed by atoms with Crippen molar-refractivity contribution >= 4 is 0 Å². The van der Waals surface area contributed by atoms with Gasteiger partial charge in [-0.3, -0.25) is 4.90 Å². The highest BCUT2D eigenvalue weighted by molar-refractivity contribution is 5.27. The number of rotatable bonds is 5. The lowest BCUT2D eigenvalue weighted by molar-refractivity contribution is 0.0792. The molecule has 1 unspecified atom stereocenters. The fourth-order valence-corrected chi connectivity index (χ4v) is 2.43. The molecule has 3 nitrogen and oxygen atoms in total. The fourth-order valence-electron chi connectivity index (χ4n) is 2.43. The first-order valence-corrected chi connectivity index (χ1v) is 6.46. The Labute approximate surface area is 108 Å². The molecular weight excluding hydrogens is 231 g/mol. The Kier molecular flexibility index (Phi) is 4.69. The van der Waals surface area contributed by atoms with E-state index in [1.807, 2.05) is 7.05 Å². The van der Waals surface area contributed by atoms with Crippen molar-refractivity contribution in [2.45, 2.75) is 32.0 Å². The molecule has 1 aliphatic rings. The molecule has 0 amide bonds. The van der Waals surface area contributed by atoms with Crippen LogP contribution in [-0.4, -0.2) is 31.2 Å². The third-order valence-corrected chi connectivity index (χ3v) is 3.37. The van der Waals surface area contributed by atoms with E-state index < -0.39 is 0 Å². The first-order chi connectivity index (χ1) is 8.69. The van der Waals surface area contributed by atoms with Gasteiger partial charge in [-0.15, -0.1) is 0 Å². The monoisotopic (exact) mass is 252 g/mol. The first-order valence-electron chi connectivity index (χ1n) is 6.46. The number of likely N-dealkylation sites (N-methyl/N-ethyl adjacent to an activating group) is 1. The topological polar surface area (TPSA) is 38.5 Å². The van der Waals surface area contributed by atoms with Crippen LogP contribution in [0.2, 0.25) is 0 Å². The Morgan fingerprint density at radius 3 is 2.94 bits per heavy atom. The Bertz CT molecular complexity index is 391. The highest BCUT2D eigenvalue weighted by Gasteiger charge is 2.17. The van der Waals surface area contributed by atoms with Crippen molar-refractivity contribution in [1.82, 2.24) is 4.90 Å².